The summed E-state index contributed by atoms with van der Waals surface area (Å²) in [6.45, 7) is 0. The number of likely N-dealkylation sites (tertiary alicyclic amines) is 1. The van der Waals surface area contributed by atoms with Gasteiger partial charge in [-0.15, -0.1) is 0 Å². The highest BCUT2D eigenvalue weighted by molar-refractivity contribution is 6.06. The molecule has 1 unspecified atom stereocenters. The number of nitrogens with zero attached hydrogens (tertiary/aromatic N) is 1. The highest BCUT2D eigenvalue weighted by Gasteiger charge is 2.41. The standard InChI is InChI=1S/C13H18N2O5/c1-15-10(16)6-9(12(15)18)14-11(17)7-4-2-3-5-8(7)13(19)20/h7-9H,2-6H2,1H3,(H,14,17)(H,19,20)/t7-,8+,9?/m1/s1. The Morgan fingerprint density at radius 2 is 1.80 bits per heavy atom. The number of likely N-dealkylation sites (N-methyl/N-ethyl adjacent to an activating group) is 1. The molecule has 2 aliphatic rings. The van der Waals surface area contributed by atoms with Crippen LogP contribution < -0.4 is 5.32 Å². The predicted molar refractivity (Wildman–Crippen MR) is 67.4 cm³/mol. The Kier molecular flexibility index (Phi) is 4.06. The second-order valence-corrected chi connectivity index (χ2v) is 5.39. The lowest BCUT2D eigenvalue weighted by Gasteiger charge is -2.28. The molecule has 0 bridgehead atoms. The van der Waals surface area contributed by atoms with Crippen LogP contribution in [-0.4, -0.2) is 46.8 Å². The van der Waals surface area contributed by atoms with Crippen molar-refractivity contribution in [3.63, 3.8) is 0 Å². The summed E-state index contributed by atoms with van der Waals surface area (Å²) in [6, 6.07) is -0.851. The summed E-state index contributed by atoms with van der Waals surface area (Å²) >= 11 is 0. The van der Waals surface area contributed by atoms with E-state index in [9.17, 15) is 19.2 Å². The second-order valence-electron chi connectivity index (χ2n) is 5.39. The van der Waals surface area contributed by atoms with Crippen molar-refractivity contribution in [1.82, 2.24) is 10.2 Å². The summed E-state index contributed by atoms with van der Waals surface area (Å²) < 4.78 is 0. The molecule has 0 aromatic carbocycles. The van der Waals surface area contributed by atoms with E-state index in [0.29, 0.717) is 12.8 Å². The molecule has 0 spiro atoms. The molecule has 1 saturated heterocycles. The van der Waals surface area contributed by atoms with Crippen molar-refractivity contribution >= 4 is 23.7 Å². The normalized spacial score (nSPS) is 30.4. The highest BCUT2D eigenvalue weighted by Crippen LogP contribution is 2.30. The largest absolute Gasteiger partial charge is 0.481 e. The number of aliphatic carboxylic acids is 1. The van der Waals surface area contributed by atoms with E-state index in [0.717, 1.165) is 17.7 Å². The van der Waals surface area contributed by atoms with Gasteiger partial charge in [0.15, 0.2) is 0 Å². The third-order valence-corrected chi connectivity index (χ3v) is 4.12. The Hall–Kier alpha value is -1.92. The minimum absolute atomic E-state index is 0.0501. The summed E-state index contributed by atoms with van der Waals surface area (Å²) in [6.07, 6.45) is 2.54. The third-order valence-electron chi connectivity index (χ3n) is 4.12. The van der Waals surface area contributed by atoms with E-state index < -0.39 is 35.7 Å². The van der Waals surface area contributed by atoms with E-state index in [2.05, 4.69) is 5.32 Å². The van der Waals surface area contributed by atoms with Gasteiger partial charge in [0.2, 0.25) is 11.8 Å². The molecule has 2 rings (SSSR count). The number of hydrogen-bond acceptors (Lipinski definition) is 4. The van der Waals surface area contributed by atoms with Crippen LogP contribution in [0.5, 0.6) is 0 Å². The molecule has 110 valence electrons. The van der Waals surface area contributed by atoms with Crippen LogP contribution >= 0.6 is 0 Å². The number of amides is 3. The minimum atomic E-state index is -0.976. The van der Waals surface area contributed by atoms with Crippen LogP contribution in [0.3, 0.4) is 0 Å². The van der Waals surface area contributed by atoms with Gasteiger partial charge in [-0.05, 0) is 12.8 Å². The molecule has 1 aliphatic heterocycles. The van der Waals surface area contributed by atoms with Gasteiger partial charge in [0.25, 0.3) is 5.91 Å². The number of nitrogens with one attached hydrogen (secondary N) is 1. The van der Waals surface area contributed by atoms with Crippen LogP contribution in [0, 0.1) is 11.8 Å². The van der Waals surface area contributed by atoms with E-state index >= 15 is 0 Å². The molecule has 1 heterocycles. The first-order valence-corrected chi connectivity index (χ1v) is 6.75. The number of carboxylic acids is 1. The number of carbonyl (C=O) groups excluding carboxylic acids is 3. The van der Waals surface area contributed by atoms with Crippen LogP contribution in [0.15, 0.2) is 0 Å². The average molecular weight is 282 g/mol. The van der Waals surface area contributed by atoms with Gasteiger partial charge in [0.05, 0.1) is 18.3 Å². The summed E-state index contributed by atoms with van der Waals surface area (Å²) in [5, 5.41) is 11.7. The maximum absolute atomic E-state index is 12.2. The van der Waals surface area contributed by atoms with E-state index in [1.807, 2.05) is 0 Å². The lowest BCUT2D eigenvalue weighted by molar-refractivity contribution is -0.149. The van der Waals surface area contributed by atoms with Gasteiger partial charge in [0.1, 0.15) is 6.04 Å². The zero-order valence-electron chi connectivity index (χ0n) is 11.3. The molecular formula is C13H18N2O5. The lowest BCUT2D eigenvalue weighted by atomic mass is 9.78. The van der Waals surface area contributed by atoms with Crippen molar-refractivity contribution < 1.29 is 24.3 Å². The van der Waals surface area contributed by atoms with Gasteiger partial charge in [-0.2, -0.15) is 0 Å². The van der Waals surface area contributed by atoms with E-state index in [-0.39, 0.29) is 12.3 Å². The Labute approximate surface area is 116 Å². The third kappa shape index (κ3) is 2.66. The summed E-state index contributed by atoms with van der Waals surface area (Å²) in [4.78, 5) is 47.4. The van der Waals surface area contributed by atoms with Gasteiger partial charge >= 0.3 is 5.97 Å². The van der Waals surface area contributed by atoms with Crippen LogP contribution in [0.2, 0.25) is 0 Å². The van der Waals surface area contributed by atoms with Crippen molar-refractivity contribution in [3.8, 4) is 0 Å². The lowest BCUT2D eigenvalue weighted by Crippen LogP contribution is -2.46. The smallest absolute Gasteiger partial charge is 0.307 e. The molecule has 0 aromatic rings. The summed E-state index contributed by atoms with van der Waals surface area (Å²) in [5.74, 6) is -3.50. The first kappa shape index (κ1) is 14.5. The molecule has 7 nitrogen and oxygen atoms in total. The van der Waals surface area contributed by atoms with E-state index in [4.69, 9.17) is 5.11 Å². The zero-order valence-corrected chi connectivity index (χ0v) is 11.3. The number of hydrogen-bond donors (Lipinski definition) is 2. The fourth-order valence-corrected chi connectivity index (χ4v) is 2.89. The quantitative estimate of drug-likeness (QED) is 0.695. The van der Waals surface area contributed by atoms with Crippen LogP contribution in [-0.2, 0) is 19.2 Å². The minimum Gasteiger partial charge on any atom is -0.481 e. The fraction of sp³-hybridized carbons (Fsp3) is 0.692. The van der Waals surface area contributed by atoms with Crippen molar-refractivity contribution in [3.05, 3.63) is 0 Å². The van der Waals surface area contributed by atoms with Gasteiger partial charge in [0, 0.05) is 7.05 Å². The topological polar surface area (TPSA) is 104 Å². The van der Waals surface area contributed by atoms with Crippen LogP contribution in [0.4, 0.5) is 0 Å². The molecule has 7 heteroatoms. The van der Waals surface area contributed by atoms with Crippen molar-refractivity contribution in [2.24, 2.45) is 11.8 Å². The average Bonchev–Trinajstić information content (AvgIpc) is 2.66. The van der Waals surface area contributed by atoms with E-state index in [1.54, 1.807) is 0 Å². The van der Waals surface area contributed by atoms with Crippen LogP contribution in [0.1, 0.15) is 32.1 Å². The first-order valence-electron chi connectivity index (χ1n) is 6.75. The van der Waals surface area contributed by atoms with Gasteiger partial charge in [-0.25, -0.2) is 0 Å². The molecule has 2 fully saturated rings. The molecule has 1 saturated carbocycles. The van der Waals surface area contributed by atoms with Gasteiger partial charge < -0.3 is 10.4 Å². The molecule has 3 amide bonds. The Bertz CT molecular complexity index is 462. The highest BCUT2D eigenvalue weighted by atomic mass is 16.4. The number of rotatable bonds is 3. The van der Waals surface area contributed by atoms with Crippen molar-refractivity contribution in [2.75, 3.05) is 7.05 Å². The van der Waals surface area contributed by atoms with Gasteiger partial charge in [-0.3, -0.25) is 24.1 Å². The molecular weight excluding hydrogens is 264 g/mol. The van der Waals surface area contributed by atoms with Gasteiger partial charge in [-0.1, -0.05) is 12.8 Å². The number of carboxylic acid groups (broad SMARTS) is 1. The second kappa shape index (κ2) is 5.60. The molecule has 20 heavy (non-hydrogen) atoms. The summed E-state index contributed by atoms with van der Waals surface area (Å²) in [5.41, 5.74) is 0. The molecule has 1 aliphatic carbocycles. The monoisotopic (exact) mass is 282 g/mol. The first-order chi connectivity index (χ1) is 9.41. The Morgan fingerprint density at radius 1 is 1.20 bits per heavy atom. The van der Waals surface area contributed by atoms with Crippen molar-refractivity contribution in [2.45, 2.75) is 38.1 Å². The van der Waals surface area contributed by atoms with E-state index in [1.165, 1.54) is 7.05 Å². The number of carbonyl (C=O) groups is 4. The maximum atomic E-state index is 12.2. The maximum Gasteiger partial charge on any atom is 0.307 e. The Balaban J connectivity index is 2.02. The zero-order chi connectivity index (χ0) is 14.9. The molecule has 0 radical (unpaired) electrons. The Morgan fingerprint density at radius 3 is 2.30 bits per heavy atom. The fourth-order valence-electron chi connectivity index (χ4n) is 2.89. The molecule has 3 atom stereocenters. The number of imide groups is 1. The van der Waals surface area contributed by atoms with Crippen LogP contribution in [0.25, 0.3) is 0 Å². The SMILES string of the molecule is CN1C(=O)CC(NC(=O)[C@@H]2CCCC[C@@H]2C(=O)O)C1=O. The van der Waals surface area contributed by atoms with Crippen molar-refractivity contribution in [1.29, 1.82) is 0 Å². The molecule has 2 N–H and O–H groups in total. The summed E-state index contributed by atoms with van der Waals surface area (Å²) in [7, 11) is 1.37. The molecule has 0 aromatic heterocycles. The predicted octanol–water partition coefficient (Wildman–Crippen LogP) is -0.249.